The minimum absolute atomic E-state index is 0.00431. The minimum atomic E-state index is -0.656. The molecule has 0 saturated heterocycles. The lowest BCUT2D eigenvalue weighted by molar-refractivity contribution is -0.385. The summed E-state index contributed by atoms with van der Waals surface area (Å²) in [6.45, 7) is 3.75. The van der Waals surface area contributed by atoms with Crippen molar-refractivity contribution < 1.29 is 19.2 Å². The molecule has 0 N–H and O–H groups in total. The van der Waals surface area contributed by atoms with E-state index in [-0.39, 0.29) is 24.5 Å². The van der Waals surface area contributed by atoms with Gasteiger partial charge in [-0.15, -0.1) is 0 Å². The van der Waals surface area contributed by atoms with Crippen LogP contribution in [0.1, 0.15) is 36.6 Å². The molecule has 3 aromatic carbocycles. The number of nitrogens with zero attached hydrogens (tertiary/aromatic N) is 3. The number of nitro benzene ring substituents is 1. The van der Waals surface area contributed by atoms with Crippen molar-refractivity contribution in [1.82, 2.24) is 4.57 Å². The molecular formula is C30H25N3O6S. The van der Waals surface area contributed by atoms with Crippen LogP contribution in [0.25, 0.3) is 6.08 Å². The lowest BCUT2D eigenvalue weighted by atomic mass is 9.96. The van der Waals surface area contributed by atoms with E-state index < -0.39 is 16.9 Å². The second kappa shape index (κ2) is 11.5. The van der Waals surface area contributed by atoms with E-state index >= 15 is 0 Å². The van der Waals surface area contributed by atoms with Crippen molar-refractivity contribution in [2.24, 2.45) is 4.99 Å². The Hall–Kier alpha value is -4.83. The molecule has 0 radical (unpaired) electrons. The van der Waals surface area contributed by atoms with Crippen LogP contribution in [0.5, 0.6) is 5.75 Å². The van der Waals surface area contributed by atoms with Crippen LogP contribution in [0, 0.1) is 10.1 Å². The highest BCUT2D eigenvalue weighted by atomic mass is 32.1. The van der Waals surface area contributed by atoms with Gasteiger partial charge in [-0.3, -0.25) is 19.5 Å². The first-order valence-corrected chi connectivity index (χ1v) is 13.4. The maximum absolute atomic E-state index is 13.7. The third kappa shape index (κ3) is 5.34. The van der Waals surface area contributed by atoms with Gasteiger partial charge in [-0.1, -0.05) is 65.9 Å². The molecule has 0 aliphatic carbocycles. The number of nitro groups is 1. The van der Waals surface area contributed by atoms with E-state index in [0.717, 1.165) is 11.1 Å². The fourth-order valence-electron chi connectivity index (χ4n) is 4.53. The number of allylic oxidation sites excluding steroid dienone is 1. The second-order valence-electron chi connectivity index (χ2n) is 8.96. The zero-order valence-corrected chi connectivity index (χ0v) is 22.6. The number of rotatable bonds is 8. The van der Waals surface area contributed by atoms with Gasteiger partial charge in [-0.2, -0.15) is 0 Å². The number of hydrogen-bond acceptors (Lipinski definition) is 8. The molecule has 0 bridgehead atoms. The highest BCUT2D eigenvalue weighted by Gasteiger charge is 2.33. The fourth-order valence-corrected chi connectivity index (χ4v) is 5.57. The molecule has 0 spiro atoms. The van der Waals surface area contributed by atoms with E-state index in [1.54, 1.807) is 67.0 Å². The Morgan fingerprint density at radius 1 is 1.07 bits per heavy atom. The summed E-state index contributed by atoms with van der Waals surface area (Å²) >= 11 is 1.25. The number of hydrogen-bond donors (Lipinski definition) is 0. The van der Waals surface area contributed by atoms with Gasteiger partial charge in [0.1, 0.15) is 12.4 Å². The lowest BCUT2D eigenvalue weighted by Crippen LogP contribution is -2.39. The first-order valence-electron chi connectivity index (χ1n) is 12.6. The molecule has 0 unspecified atom stereocenters. The number of benzene rings is 3. The molecule has 2 heterocycles. The number of para-hydroxylation sites is 1. The second-order valence-corrected chi connectivity index (χ2v) is 9.97. The smallest absolute Gasteiger partial charge is 0.338 e. The van der Waals surface area contributed by atoms with Gasteiger partial charge in [0.2, 0.25) is 0 Å². The van der Waals surface area contributed by atoms with Crippen LogP contribution in [-0.2, 0) is 16.1 Å². The van der Waals surface area contributed by atoms with Gasteiger partial charge >= 0.3 is 5.97 Å². The number of esters is 1. The van der Waals surface area contributed by atoms with Crippen LogP contribution < -0.4 is 19.6 Å². The van der Waals surface area contributed by atoms with Crippen LogP contribution in [-0.4, -0.2) is 22.1 Å². The number of fused-ring (bicyclic) bond motifs is 1. The molecule has 0 saturated carbocycles. The fraction of sp³-hybridized carbons (Fsp3) is 0.167. The van der Waals surface area contributed by atoms with Gasteiger partial charge in [0.05, 0.1) is 38.9 Å². The lowest BCUT2D eigenvalue weighted by Gasteiger charge is -2.24. The zero-order valence-electron chi connectivity index (χ0n) is 21.8. The third-order valence-electron chi connectivity index (χ3n) is 6.39. The molecule has 5 rings (SSSR count). The van der Waals surface area contributed by atoms with Crippen molar-refractivity contribution in [3.8, 4) is 5.75 Å². The van der Waals surface area contributed by atoms with Crippen molar-refractivity contribution in [2.75, 3.05) is 6.61 Å². The Morgan fingerprint density at radius 2 is 1.77 bits per heavy atom. The molecule has 1 aromatic heterocycles. The van der Waals surface area contributed by atoms with Crippen LogP contribution in [0.4, 0.5) is 5.69 Å². The maximum Gasteiger partial charge on any atom is 0.338 e. The van der Waals surface area contributed by atoms with E-state index in [4.69, 9.17) is 9.47 Å². The summed E-state index contributed by atoms with van der Waals surface area (Å²) in [5.74, 6) is 0.0406. The Morgan fingerprint density at radius 3 is 2.48 bits per heavy atom. The van der Waals surface area contributed by atoms with Crippen molar-refractivity contribution in [2.45, 2.75) is 26.5 Å². The number of carbonyl (C=O) groups excluding carboxylic acids is 1. The van der Waals surface area contributed by atoms with Crippen molar-refractivity contribution in [3.63, 3.8) is 0 Å². The topological polar surface area (TPSA) is 113 Å². The Bertz CT molecular complexity index is 1790. The van der Waals surface area contributed by atoms with E-state index in [0.29, 0.717) is 31.9 Å². The molecule has 0 fully saturated rings. The predicted molar refractivity (Wildman–Crippen MR) is 151 cm³/mol. The molecule has 202 valence electrons. The zero-order chi connectivity index (χ0) is 28.2. The molecule has 1 aliphatic rings. The van der Waals surface area contributed by atoms with E-state index in [1.165, 1.54) is 17.4 Å². The monoisotopic (exact) mass is 555 g/mol. The summed E-state index contributed by atoms with van der Waals surface area (Å²) in [7, 11) is 0. The molecule has 1 aliphatic heterocycles. The molecular weight excluding hydrogens is 530 g/mol. The van der Waals surface area contributed by atoms with Gasteiger partial charge in [-0.25, -0.2) is 9.79 Å². The number of carbonyl (C=O) groups is 1. The summed E-state index contributed by atoms with van der Waals surface area (Å²) in [5, 5.41) is 11.2. The predicted octanol–water partition coefficient (Wildman–Crippen LogP) is 4.29. The summed E-state index contributed by atoms with van der Waals surface area (Å²) in [5.41, 5.74) is 2.62. The van der Waals surface area contributed by atoms with Crippen LogP contribution in [0.15, 0.2) is 99.9 Å². The largest absolute Gasteiger partial charge is 0.489 e. The van der Waals surface area contributed by atoms with Crippen molar-refractivity contribution in [3.05, 3.63) is 137 Å². The van der Waals surface area contributed by atoms with Crippen LogP contribution in [0.3, 0.4) is 0 Å². The number of aromatic nitrogens is 1. The first kappa shape index (κ1) is 26.8. The van der Waals surface area contributed by atoms with Gasteiger partial charge in [0.25, 0.3) is 11.2 Å². The maximum atomic E-state index is 13.7. The summed E-state index contributed by atoms with van der Waals surface area (Å²) in [4.78, 5) is 42.5. The molecule has 9 nitrogen and oxygen atoms in total. The van der Waals surface area contributed by atoms with Gasteiger partial charge < -0.3 is 9.47 Å². The van der Waals surface area contributed by atoms with Gasteiger partial charge in [0, 0.05) is 6.07 Å². The summed E-state index contributed by atoms with van der Waals surface area (Å²) in [6.07, 6.45) is 1.76. The first-order chi connectivity index (χ1) is 19.4. The number of thiazole rings is 1. The van der Waals surface area contributed by atoms with Crippen molar-refractivity contribution >= 4 is 29.1 Å². The molecule has 40 heavy (non-hydrogen) atoms. The number of ether oxygens (including phenoxy) is 2. The molecule has 4 aromatic rings. The van der Waals surface area contributed by atoms with Crippen molar-refractivity contribution in [1.29, 1.82) is 0 Å². The molecule has 0 amide bonds. The standard InChI is InChI=1S/C30H25N3O6S/c1-3-38-29(35)26-19(2)31-30-32(27(26)21-9-5-4-6-10-21)28(34)25(40-30)17-20-13-15-23(16-14-20)39-18-22-11-7-8-12-24(22)33(36)37/h4-17,27H,3,18H2,1-2H3/t27-/m0/s1. The van der Waals surface area contributed by atoms with Gasteiger partial charge in [0.15, 0.2) is 4.80 Å². The molecule has 10 heteroatoms. The SMILES string of the molecule is CCOC(=O)C1=C(C)N=c2sc(=Cc3ccc(OCc4ccccc4[N+](=O)[O-])cc3)c(=O)n2[C@H]1c1ccccc1. The Labute approximate surface area is 233 Å². The van der Waals surface area contributed by atoms with Gasteiger partial charge in [-0.05, 0) is 49.2 Å². The van der Waals surface area contributed by atoms with E-state index in [2.05, 4.69) is 4.99 Å². The Balaban J connectivity index is 1.46. The quantitative estimate of drug-likeness (QED) is 0.182. The average molecular weight is 556 g/mol. The van der Waals surface area contributed by atoms with E-state index in [1.807, 2.05) is 30.3 Å². The third-order valence-corrected chi connectivity index (χ3v) is 7.38. The van der Waals surface area contributed by atoms with E-state index in [9.17, 15) is 19.7 Å². The molecule has 1 atom stereocenters. The average Bonchev–Trinajstić information content (AvgIpc) is 3.26. The normalized spacial score (nSPS) is 14.8. The Kier molecular flexibility index (Phi) is 7.70. The van der Waals surface area contributed by atoms with Crippen LogP contribution in [0.2, 0.25) is 0 Å². The van der Waals surface area contributed by atoms with Crippen LogP contribution >= 0.6 is 11.3 Å². The highest BCUT2D eigenvalue weighted by Crippen LogP contribution is 2.30. The highest BCUT2D eigenvalue weighted by molar-refractivity contribution is 7.07. The summed E-state index contributed by atoms with van der Waals surface area (Å²) in [6, 6.07) is 22.2. The summed E-state index contributed by atoms with van der Waals surface area (Å²) < 4.78 is 13.1. The minimum Gasteiger partial charge on any atom is -0.489 e.